The van der Waals surface area contributed by atoms with E-state index in [1.807, 2.05) is 0 Å². The predicted octanol–water partition coefficient (Wildman–Crippen LogP) is 0.518. The van der Waals surface area contributed by atoms with Gasteiger partial charge in [-0.05, 0) is 13.3 Å². The Morgan fingerprint density at radius 2 is 2.15 bits per heavy atom. The molecular weight excluding hydrogens is 190 g/mol. The molecule has 0 fully saturated rings. The van der Waals surface area contributed by atoms with E-state index in [4.69, 9.17) is 4.74 Å². The van der Waals surface area contributed by atoms with Gasteiger partial charge in [0.25, 0.3) is 0 Å². The maximum absolute atomic E-state index is 10.9. The monoisotopic (exact) mass is 207 g/mol. The molecule has 0 aliphatic carbocycles. The molecule has 0 spiro atoms. The van der Waals surface area contributed by atoms with E-state index in [0.29, 0.717) is 19.8 Å². The van der Waals surface area contributed by atoms with E-state index in [2.05, 4.69) is 11.3 Å². The molecule has 0 heterocycles. The molecule has 78 valence electrons. The van der Waals surface area contributed by atoms with Gasteiger partial charge in [-0.2, -0.15) is 0 Å². The van der Waals surface area contributed by atoms with Gasteiger partial charge in [-0.1, -0.05) is 6.08 Å². The first-order chi connectivity index (χ1) is 6.12. The van der Waals surface area contributed by atoms with Crippen LogP contribution in [0.15, 0.2) is 12.7 Å². The molecule has 0 saturated carbocycles. The largest absolute Gasteiger partial charge is 0.380 e. The van der Waals surface area contributed by atoms with Gasteiger partial charge in [0, 0.05) is 6.54 Å². The topological polar surface area (TPSA) is 55.4 Å². The standard InChI is InChI=1S/C8H17NO3S/c1-3-5-7-12-8-6-9-13(10,11)4-2/h3,9H,1,4-8H2,2H3. The fourth-order valence-electron chi connectivity index (χ4n) is 0.640. The minimum Gasteiger partial charge on any atom is -0.380 e. The van der Waals surface area contributed by atoms with Crippen molar-refractivity contribution in [3.05, 3.63) is 12.7 Å². The molecule has 0 bridgehead atoms. The Morgan fingerprint density at radius 3 is 2.69 bits per heavy atom. The second kappa shape index (κ2) is 7.06. The lowest BCUT2D eigenvalue weighted by molar-refractivity contribution is 0.144. The third kappa shape index (κ3) is 7.95. The molecule has 0 atom stereocenters. The summed E-state index contributed by atoms with van der Waals surface area (Å²) in [7, 11) is -3.06. The van der Waals surface area contributed by atoms with Crippen molar-refractivity contribution in [2.24, 2.45) is 0 Å². The van der Waals surface area contributed by atoms with Crippen LogP contribution in [-0.2, 0) is 14.8 Å². The Labute approximate surface area is 80.0 Å². The van der Waals surface area contributed by atoms with E-state index >= 15 is 0 Å². The zero-order chi connectivity index (χ0) is 10.2. The normalized spacial score (nSPS) is 11.5. The molecule has 0 aliphatic rings. The molecule has 0 saturated heterocycles. The molecule has 0 aromatic heterocycles. The molecule has 1 N–H and O–H groups in total. The highest BCUT2D eigenvalue weighted by Gasteiger charge is 2.03. The second-order valence-electron chi connectivity index (χ2n) is 2.49. The van der Waals surface area contributed by atoms with Gasteiger partial charge in [0.1, 0.15) is 0 Å². The highest BCUT2D eigenvalue weighted by molar-refractivity contribution is 7.89. The first-order valence-electron chi connectivity index (χ1n) is 4.28. The zero-order valence-corrected chi connectivity index (χ0v) is 8.77. The van der Waals surface area contributed by atoms with Crippen molar-refractivity contribution in [2.75, 3.05) is 25.5 Å². The van der Waals surface area contributed by atoms with Gasteiger partial charge in [-0.15, -0.1) is 6.58 Å². The molecule has 5 heteroatoms. The lowest BCUT2D eigenvalue weighted by Gasteiger charge is -2.04. The summed E-state index contributed by atoms with van der Waals surface area (Å²) in [5, 5.41) is 0. The maximum Gasteiger partial charge on any atom is 0.211 e. The van der Waals surface area contributed by atoms with E-state index in [0.717, 1.165) is 6.42 Å². The lowest BCUT2D eigenvalue weighted by atomic mass is 10.5. The highest BCUT2D eigenvalue weighted by Crippen LogP contribution is 1.84. The van der Waals surface area contributed by atoms with Gasteiger partial charge in [-0.25, -0.2) is 13.1 Å². The van der Waals surface area contributed by atoms with Gasteiger partial charge in [0.05, 0.1) is 19.0 Å². The van der Waals surface area contributed by atoms with Crippen molar-refractivity contribution in [1.82, 2.24) is 4.72 Å². The number of sulfonamides is 1. The van der Waals surface area contributed by atoms with Crippen molar-refractivity contribution in [1.29, 1.82) is 0 Å². The SMILES string of the molecule is C=CCCOCCNS(=O)(=O)CC. The van der Waals surface area contributed by atoms with Gasteiger partial charge < -0.3 is 4.74 Å². The van der Waals surface area contributed by atoms with Crippen LogP contribution in [-0.4, -0.2) is 33.9 Å². The average molecular weight is 207 g/mol. The highest BCUT2D eigenvalue weighted by atomic mass is 32.2. The molecule has 13 heavy (non-hydrogen) atoms. The smallest absolute Gasteiger partial charge is 0.211 e. The van der Waals surface area contributed by atoms with E-state index < -0.39 is 10.0 Å². The summed E-state index contributed by atoms with van der Waals surface area (Å²) in [6, 6.07) is 0. The van der Waals surface area contributed by atoms with Gasteiger partial charge in [0.2, 0.25) is 10.0 Å². The Balaban J connectivity index is 3.31. The summed E-state index contributed by atoms with van der Waals surface area (Å²) in [6.07, 6.45) is 2.55. The Bertz CT molecular complexity index is 224. The molecule has 0 aromatic rings. The van der Waals surface area contributed by atoms with Crippen LogP contribution in [0.4, 0.5) is 0 Å². The fourth-order valence-corrected chi connectivity index (χ4v) is 1.24. The fraction of sp³-hybridized carbons (Fsp3) is 0.750. The van der Waals surface area contributed by atoms with Crippen LogP contribution in [0.2, 0.25) is 0 Å². The van der Waals surface area contributed by atoms with Crippen LogP contribution >= 0.6 is 0 Å². The molecule has 0 radical (unpaired) electrons. The minimum atomic E-state index is -3.06. The van der Waals surface area contributed by atoms with Crippen molar-refractivity contribution in [3.63, 3.8) is 0 Å². The van der Waals surface area contributed by atoms with Crippen LogP contribution in [0.5, 0.6) is 0 Å². The van der Waals surface area contributed by atoms with Crippen molar-refractivity contribution >= 4 is 10.0 Å². The van der Waals surface area contributed by atoms with Gasteiger partial charge in [0.15, 0.2) is 0 Å². The minimum absolute atomic E-state index is 0.111. The summed E-state index contributed by atoms with van der Waals surface area (Å²) >= 11 is 0. The Hall–Kier alpha value is -0.390. The van der Waals surface area contributed by atoms with E-state index in [1.165, 1.54) is 0 Å². The third-order valence-electron chi connectivity index (χ3n) is 1.41. The number of rotatable bonds is 8. The molecular formula is C8H17NO3S. The van der Waals surface area contributed by atoms with Crippen molar-refractivity contribution in [2.45, 2.75) is 13.3 Å². The molecule has 4 nitrogen and oxygen atoms in total. The summed E-state index contributed by atoms with van der Waals surface area (Å²) in [6.45, 7) is 6.48. The second-order valence-corrected chi connectivity index (χ2v) is 4.58. The summed E-state index contributed by atoms with van der Waals surface area (Å²) in [5.41, 5.74) is 0. The molecule has 0 unspecified atom stereocenters. The van der Waals surface area contributed by atoms with E-state index in [9.17, 15) is 8.42 Å². The number of hydrogen-bond donors (Lipinski definition) is 1. The Kier molecular flexibility index (Phi) is 6.84. The maximum atomic E-state index is 10.9. The zero-order valence-electron chi connectivity index (χ0n) is 7.95. The summed E-state index contributed by atoms with van der Waals surface area (Å²) in [4.78, 5) is 0. The summed E-state index contributed by atoms with van der Waals surface area (Å²) < 4.78 is 29.3. The predicted molar refractivity (Wildman–Crippen MR) is 53.1 cm³/mol. The van der Waals surface area contributed by atoms with Gasteiger partial charge >= 0.3 is 0 Å². The molecule has 0 aromatic carbocycles. The number of ether oxygens (including phenoxy) is 1. The number of nitrogens with one attached hydrogen (secondary N) is 1. The third-order valence-corrected chi connectivity index (χ3v) is 2.82. The van der Waals surface area contributed by atoms with E-state index in [-0.39, 0.29) is 5.75 Å². The first kappa shape index (κ1) is 12.6. The van der Waals surface area contributed by atoms with Crippen LogP contribution in [0.3, 0.4) is 0 Å². The lowest BCUT2D eigenvalue weighted by Crippen LogP contribution is -2.28. The van der Waals surface area contributed by atoms with Crippen LogP contribution in [0.25, 0.3) is 0 Å². The van der Waals surface area contributed by atoms with Crippen LogP contribution in [0.1, 0.15) is 13.3 Å². The molecule has 0 amide bonds. The first-order valence-corrected chi connectivity index (χ1v) is 5.93. The van der Waals surface area contributed by atoms with Crippen LogP contribution in [0, 0.1) is 0 Å². The Morgan fingerprint density at radius 1 is 1.46 bits per heavy atom. The average Bonchev–Trinajstić information content (AvgIpc) is 2.11. The van der Waals surface area contributed by atoms with E-state index in [1.54, 1.807) is 13.0 Å². The number of hydrogen-bond acceptors (Lipinski definition) is 3. The summed E-state index contributed by atoms with van der Waals surface area (Å²) in [5.74, 6) is 0.111. The van der Waals surface area contributed by atoms with Gasteiger partial charge in [-0.3, -0.25) is 0 Å². The van der Waals surface area contributed by atoms with Crippen molar-refractivity contribution in [3.8, 4) is 0 Å². The molecule has 0 aliphatic heterocycles. The molecule has 0 rings (SSSR count). The quantitative estimate of drug-likeness (QED) is 0.466. The van der Waals surface area contributed by atoms with Crippen LogP contribution < -0.4 is 4.72 Å². The van der Waals surface area contributed by atoms with Crippen molar-refractivity contribution < 1.29 is 13.2 Å².